The Kier molecular flexibility index (Phi) is 4.40. The summed E-state index contributed by atoms with van der Waals surface area (Å²) in [6.45, 7) is 1.43. The summed E-state index contributed by atoms with van der Waals surface area (Å²) in [7, 11) is 0. The van der Waals surface area contributed by atoms with Crippen molar-refractivity contribution < 1.29 is 8.78 Å². The van der Waals surface area contributed by atoms with Crippen molar-refractivity contribution in [2.75, 3.05) is 13.1 Å². The summed E-state index contributed by atoms with van der Waals surface area (Å²) in [6.07, 6.45) is 1.44. The fourth-order valence-electron chi connectivity index (χ4n) is 4.50. The first-order valence-electron chi connectivity index (χ1n) is 10.6. The molecule has 1 aliphatic carbocycles. The molecule has 0 N–H and O–H groups in total. The van der Waals surface area contributed by atoms with Gasteiger partial charge in [-0.25, -0.2) is 18.7 Å². The van der Waals surface area contributed by atoms with Crippen LogP contribution in [0.5, 0.6) is 0 Å². The van der Waals surface area contributed by atoms with E-state index in [0.29, 0.717) is 30.2 Å². The lowest BCUT2D eigenvalue weighted by Gasteiger charge is -2.34. The third-order valence-electron chi connectivity index (χ3n) is 6.40. The van der Waals surface area contributed by atoms with E-state index >= 15 is 0 Å². The molecule has 0 unspecified atom stereocenters. The van der Waals surface area contributed by atoms with Gasteiger partial charge in [0.25, 0.3) is 0 Å². The summed E-state index contributed by atoms with van der Waals surface area (Å²) in [4.78, 5) is 12.4. The molecule has 0 atom stereocenters. The molecule has 31 heavy (non-hydrogen) atoms. The summed E-state index contributed by atoms with van der Waals surface area (Å²) in [5.41, 5.74) is 4.51. The van der Waals surface area contributed by atoms with Crippen LogP contribution in [-0.2, 0) is 12.0 Å². The van der Waals surface area contributed by atoms with E-state index in [9.17, 15) is 8.78 Å². The Hall–Kier alpha value is -2.70. The Labute approximate surface area is 183 Å². The summed E-state index contributed by atoms with van der Waals surface area (Å²) < 4.78 is 27.9. The quantitative estimate of drug-likeness (QED) is 0.402. The van der Waals surface area contributed by atoms with Crippen molar-refractivity contribution in [3.63, 3.8) is 0 Å². The number of likely N-dealkylation sites (tertiary alicyclic amines) is 1. The number of aromatic nitrogens is 2. The van der Waals surface area contributed by atoms with Crippen molar-refractivity contribution >= 4 is 21.7 Å². The molecule has 2 aliphatic rings. The normalized spacial score (nSPS) is 18.3. The number of nitrogens with zero attached hydrogens (tertiary/aromatic N) is 3. The van der Waals surface area contributed by atoms with Gasteiger partial charge in [-0.2, -0.15) is 0 Å². The van der Waals surface area contributed by atoms with Gasteiger partial charge in [0.1, 0.15) is 27.3 Å². The molecule has 0 radical (unpaired) electrons. The molecule has 3 nitrogen and oxygen atoms in total. The molecule has 4 aromatic rings. The Balaban J connectivity index is 1.30. The maximum atomic E-state index is 14.9. The summed E-state index contributed by atoms with van der Waals surface area (Å²) in [6, 6.07) is 19.8. The number of benzene rings is 2. The fraction of sp³-hybridized carbons (Fsp3) is 0.280. The molecule has 0 amide bonds. The lowest BCUT2D eigenvalue weighted by atomic mass is 9.92. The van der Waals surface area contributed by atoms with Crippen LogP contribution in [0.3, 0.4) is 0 Å². The highest BCUT2D eigenvalue weighted by Crippen LogP contribution is 2.53. The van der Waals surface area contributed by atoms with Gasteiger partial charge in [-0.05, 0) is 48.2 Å². The Bertz CT molecular complexity index is 1260. The predicted octanol–water partition coefficient (Wildman–Crippen LogP) is 5.73. The fourth-order valence-corrected chi connectivity index (χ4v) is 5.46. The maximum Gasteiger partial charge on any atom is 0.144 e. The minimum absolute atomic E-state index is 0.00196. The van der Waals surface area contributed by atoms with Crippen molar-refractivity contribution in [2.45, 2.75) is 31.0 Å². The van der Waals surface area contributed by atoms with Gasteiger partial charge in [-0.3, -0.25) is 4.90 Å². The summed E-state index contributed by atoms with van der Waals surface area (Å²) in [5.74, 6) is -0.294. The average molecular weight is 434 g/mol. The van der Waals surface area contributed by atoms with Crippen LogP contribution in [0, 0.1) is 5.82 Å². The Morgan fingerprint density at radius 1 is 1.00 bits per heavy atom. The van der Waals surface area contributed by atoms with E-state index in [4.69, 9.17) is 4.98 Å². The number of pyridine rings is 1. The SMILES string of the molecule is Fc1cc(CN2CC(F)C2)ccc1-c1nc2ccc(C3(c4ccccc4)CC3)nc2s1. The zero-order valence-corrected chi connectivity index (χ0v) is 17.7. The van der Waals surface area contributed by atoms with Crippen molar-refractivity contribution in [1.82, 2.24) is 14.9 Å². The number of halogens is 2. The van der Waals surface area contributed by atoms with Gasteiger partial charge >= 0.3 is 0 Å². The monoisotopic (exact) mass is 433 g/mol. The van der Waals surface area contributed by atoms with Crippen LogP contribution >= 0.6 is 11.3 Å². The average Bonchev–Trinajstić information content (AvgIpc) is 3.46. The number of thiazole rings is 1. The number of hydrogen-bond acceptors (Lipinski definition) is 4. The topological polar surface area (TPSA) is 29.0 Å². The lowest BCUT2D eigenvalue weighted by Crippen LogP contribution is -2.47. The first-order chi connectivity index (χ1) is 15.1. The van der Waals surface area contributed by atoms with Gasteiger partial charge in [-0.1, -0.05) is 47.7 Å². The molecule has 1 aliphatic heterocycles. The summed E-state index contributed by atoms with van der Waals surface area (Å²) >= 11 is 1.43. The number of hydrogen-bond donors (Lipinski definition) is 0. The minimum Gasteiger partial charge on any atom is -0.293 e. The standard InChI is InChI=1S/C25H21F2N3S/c26-18-14-30(15-18)13-16-6-7-19(20(27)12-16)23-28-21-8-9-22(29-24(21)31-23)25(10-11-25)17-4-2-1-3-5-17/h1-9,12,18H,10-11,13-15H2. The Morgan fingerprint density at radius 2 is 1.81 bits per heavy atom. The van der Waals surface area contributed by atoms with Crippen LogP contribution in [0.15, 0.2) is 60.7 Å². The molecule has 2 aromatic carbocycles. The van der Waals surface area contributed by atoms with Gasteiger partial charge in [-0.15, -0.1) is 0 Å². The minimum atomic E-state index is -0.749. The molecule has 156 valence electrons. The van der Waals surface area contributed by atoms with E-state index in [2.05, 4.69) is 35.3 Å². The predicted molar refractivity (Wildman–Crippen MR) is 119 cm³/mol. The first kappa shape index (κ1) is 19.0. The second-order valence-electron chi connectivity index (χ2n) is 8.59. The van der Waals surface area contributed by atoms with Gasteiger partial charge in [0, 0.05) is 30.6 Å². The Morgan fingerprint density at radius 3 is 2.52 bits per heavy atom. The molecule has 0 bridgehead atoms. The maximum absolute atomic E-state index is 14.9. The third-order valence-corrected chi connectivity index (χ3v) is 7.40. The van der Waals surface area contributed by atoms with Gasteiger partial charge in [0.15, 0.2) is 0 Å². The molecule has 1 saturated heterocycles. The number of fused-ring (bicyclic) bond motifs is 1. The third kappa shape index (κ3) is 3.34. The van der Waals surface area contributed by atoms with Crippen molar-refractivity contribution in [3.05, 3.63) is 83.3 Å². The van der Waals surface area contributed by atoms with Gasteiger partial charge in [0.2, 0.25) is 0 Å². The molecular formula is C25H21F2N3S. The first-order valence-corrected chi connectivity index (χ1v) is 11.4. The van der Waals surface area contributed by atoms with Crippen molar-refractivity contribution in [2.24, 2.45) is 0 Å². The highest BCUT2D eigenvalue weighted by molar-refractivity contribution is 7.21. The summed E-state index contributed by atoms with van der Waals surface area (Å²) in [5, 5.41) is 0.640. The van der Waals surface area contributed by atoms with E-state index in [1.54, 1.807) is 12.1 Å². The van der Waals surface area contributed by atoms with Crippen LogP contribution in [0.1, 0.15) is 29.7 Å². The molecule has 0 spiro atoms. The van der Waals surface area contributed by atoms with Crippen LogP contribution in [-0.4, -0.2) is 34.1 Å². The molecule has 3 heterocycles. The largest absolute Gasteiger partial charge is 0.293 e. The molecule has 6 heteroatoms. The van der Waals surface area contributed by atoms with Crippen LogP contribution in [0.2, 0.25) is 0 Å². The smallest absolute Gasteiger partial charge is 0.144 e. The van der Waals surface area contributed by atoms with Gasteiger partial charge in [0.05, 0.1) is 5.69 Å². The van der Waals surface area contributed by atoms with Crippen LogP contribution in [0.25, 0.3) is 20.9 Å². The lowest BCUT2D eigenvalue weighted by molar-refractivity contribution is 0.0590. The second-order valence-corrected chi connectivity index (χ2v) is 9.57. The van der Waals surface area contributed by atoms with Crippen LogP contribution < -0.4 is 0 Å². The number of alkyl halides is 1. The molecule has 2 fully saturated rings. The number of rotatable bonds is 5. The van der Waals surface area contributed by atoms with E-state index in [1.807, 2.05) is 23.1 Å². The molecular weight excluding hydrogens is 412 g/mol. The van der Waals surface area contributed by atoms with Crippen molar-refractivity contribution in [3.8, 4) is 10.6 Å². The molecule has 6 rings (SSSR count). The second kappa shape index (κ2) is 7.18. The molecule has 2 aromatic heterocycles. The molecule has 1 saturated carbocycles. The van der Waals surface area contributed by atoms with Crippen LogP contribution in [0.4, 0.5) is 8.78 Å². The van der Waals surface area contributed by atoms with E-state index in [1.165, 1.54) is 16.9 Å². The van der Waals surface area contributed by atoms with E-state index in [-0.39, 0.29) is 11.2 Å². The highest BCUT2D eigenvalue weighted by atomic mass is 32.1. The highest BCUT2D eigenvalue weighted by Gasteiger charge is 2.47. The zero-order chi connectivity index (χ0) is 21.0. The zero-order valence-electron chi connectivity index (χ0n) is 16.9. The van der Waals surface area contributed by atoms with Crippen molar-refractivity contribution in [1.29, 1.82) is 0 Å². The van der Waals surface area contributed by atoms with Gasteiger partial charge < -0.3 is 0 Å². The van der Waals surface area contributed by atoms with E-state index < -0.39 is 6.17 Å². The van der Waals surface area contributed by atoms with E-state index in [0.717, 1.165) is 34.4 Å².